The third-order valence-corrected chi connectivity index (χ3v) is 3.48. The zero-order valence-corrected chi connectivity index (χ0v) is 14.1. The van der Waals surface area contributed by atoms with Gasteiger partial charge in [0.05, 0.1) is 12.7 Å². The average Bonchev–Trinajstić information content (AvgIpc) is 2.59. The summed E-state index contributed by atoms with van der Waals surface area (Å²) in [4.78, 5) is 29.3. The Labute approximate surface area is 145 Å². The summed E-state index contributed by atoms with van der Waals surface area (Å²) in [6, 6.07) is 10.3. The van der Waals surface area contributed by atoms with Crippen LogP contribution in [0.25, 0.3) is 0 Å². The van der Waals surface area contributed by atoms with Crippen molar-refractivity contribution in [2.24, 2.45) is 0 Å². The van der Waals surface area contributed by atoms with Gasteiger partial charge in [-0.25, -0.2) is 9.78 Å². The van der Waals surface area contributed by atoms with E-state index >= 15 is 0 Å². The van der Waals surface area contributed by atoms with E-state index < -0.39 is 5.97 Å². The molecule has 1 aromatic heterocycles. The topological polar surface area (TPSA) is 68.7 Å². The van der Waals surface area contributed by atoms with E-state index in [1.54, 1.807) is 25.2 Å². The van der Waals surface area contributed by atoms with E-state index in [9.17, 15) is 9.59 Å². The molecule has 24 heavy (non-hydrogen) atoms. The van der Waals surface area contributed by atoms with Gasteiger partial charge < -0.3 is 14.4 Å². The molecule has 0 atom stereocenters. The number of benzene rings is 1. The predicted octanol–water partition coefficient (Wildman–Crippen LogP) is 2.56. The van der Waals surface area contributed by atoms with Crippen molar-refractivity contribution in [1.82, 2.24) is 9.88 Å². The standard InChI is InChI=1S/C17H17ClN2O4/c1-20(10-12-4-3-5-14(18)8-12)16(21)11-24-17(22)13-6-7-15(23-2)19-9-13/h3-9H,10-11H2,1-2H3. The Kier molecular flexibility index (Phi) is 6.14. The Hall–Kier alpha value is -2.60. The average molecular weight is 349 g/mol. The number of amides is 1. The number of ether oxygens (including phenoxy) is 2. The summed E-state index contributed by atoms with van der Waals surface area (Å²) in [5.41, 5.74) is 1.14. The molecule has 0 aliphatic carbocycles. The molecule has 0 radical (unpaired) electrons. The van der Waals surface area contributed by atoms with Gasteiger partial charge in [-0.1, -0.05) is 23.7 Å². The second-order valence-electron chi connectivity index (χ2n) is 5.05. The minimum atomic E-state index is -0.616. The Balaban J connectivity index is 1.86. The van der Waals surface area contributed by atoms with Crippen LogP contribution < -0.4 is 4.74 Å². The molecule has 0 N–H and O–H groups in total. The maximum Gasteiger partial charge on any atom is 0.340 e. The molecule has 2 rings (SSSR count). The first-order chi connectivity index (χ1) is 11.5. The van der Waals surface area contributed by atoms with E-state index in [0.717, 1.165) is 5.56 Å². The zero-order chi connectivity index (χ0) is 17.5. The number of likely N-dealkylation sites (N-methyl/N-ethyl adjacent to an activating group) is 1. The van der Waals surface area contributed by atoms with Crippen molar-refractivity contribution in [2.75, 3.05) is 20.8 Å². The fourth-order valence-electron chi connectivity index (χ4n) is 1.94. The molecule has 0 bridgehead atoms. The Morgan fingerprint density at radius 1 is 1.25 bits per heavy atom. The number of carbonyl (C=O) groups is 2. The van der Waals surface area contributed by atoms with E-state index in [4.69, 9.17) is 21.1 Å². The van der Waals surface area contributed by atoms with Gasteiger partial charge in [-0.3, -0.25) is 4.79 Å². The maximum absolute atomic E-state index is 12.0. The van der Waals surface area contributed by atoms with Crippen molar-refractivity contribution >= 4 is 23.5 Å². The highest BCUT2D eigenvalue weighted by atomic mass is 35.5. The first kappa shape index (κ1) is 17.7. The van der Waals surface area contributed by atoms with Gasteiger partial charge in [-0.05, 0) is 23.8 Å². The Bertz CT molecular complexity index is 719. The van der Waals surface area contributed by atoms with Crippen molar-refractivity contribution in [3.8, 4) is 5.88 Å². The SMILES string of the molecule is COc1ccc(C(=O)OCC(=O)N(C)Cc2cccc(Cl)c2)cn1. The molecule has 6 nitrogen and oxygen atoms in total. The van der Waals surface area contributed by atoms with Crippen LogP contribution in [-0.4, -0.2) is 42.5 Å². The van der Waals surface area contributed by atoms with Crippen LogP contribution in [-0.2, 0) is 16.1 Å². The van der Waals surface area contributed by atoms with Crippen molar-refractivity contribution in [2.45, 2.75) is 6.54 Å². The summed E-state index contributed by atoms with van der Waals surface area (Å²) < 4.78 is 9.92. The number of hydrogen-bond acceptors (Lipinski definition) is 5. The fraction of sp³-hybridized carbons (Fsp3) is 0.235. The van der Waals surface area contributed by atoms with Crippen LogP contribution in [0.5, 0.6) is 5.88 Å². The Morgan fingerprint density at radius 2 is 2.04 bits per heavy atom. The molecule has 0 spiro atoms. The van der Waals surface area contributed by atoms with Gasteiger partial charge in [0.15, 0.2) is 6.61 Å². The highest BCUT2D eigenvalue weighted by molar-refractivity contribution is 6.30. The van der Waals surface area contributed by atoms with Crippen LogP contribution in [0, 0.1) is 0 Å². The summed E-state index contributed by atoms with van der Waals surface area (Å²) in [6.07, 6.45) is 1.33. The number of carbonyl (C=O) groups excluding carboxylic acids is 2. The van der Waals surface area contributed by atoms with Crippen LogP contribution in [0.4, 0.5) is 0 Å². The molecule has 1 amide bonds. The third kappa shape index (κ3) is 4.96. The number of pyridine rings is 1. The minimum absolute atomic E-state index is 0.251. The van der Waals surface area contributed by atoms with E-state index in [1.807, 2.05) is 12.1 Å². The first-order valence-corrected chi connectivity index (χ1v) is 7.53. The zero-order valence-electron chi connectivity index (χ0n) is 13.4. The van der Waals surface area contributed by atoms with Crippen LogP contribution in [0.1, 0.15) is 15.9 Å². The van der Waals surface area contributed by atoms with Gasteiger partial charge in [0, 0.05) is 30.9 Å². The summed E-state index contributed by atoms with van der Waals surface area (Å²) in [5, 5.41) is 0.604. The number of methoxy groups -OCH3 is 1. The Morgan fingerprint density at radius 3 is 2.67 bits per heavy atom. The molecule has 0 fully saturated rings. The van der Waals surface area contributed by atoms with Gasteiger partial charge >= 0.3 is 5.97 Å². The van der Waals surface area contributed by atoms with E-state index in [1.165, 1.54) is 24.3 Å². The molecule has 0 unspecified atom stereocenters. The van der Waals surface area contributed by atoms with Crippen LogP contribution >= 0.6 is 11.6 Å². The number of halogens is 1. The lowest BCUT2D eigenvalue weighted by Crippen LogP contribution is -2.30. The first-order valence-electron chi connectivity index (χ1n) is 7.15. The van der Waals surface area contributed by atoms with E-state index in [-0.39, 0.29) is 18.1 Å². The van der Waals surface area contributed by atoms with Gasteiger partial charge in [0.1, 0.15) is 0 Å². The quantitative estimate of drug-likeness (QED) is 0.750. The molecule has 0 saturated carbocycles. The van der Waals surface area contributed by atoms with Crippen molar-refractivity contribution in [3.63, 3.8) is 0 Å². The smallest absolute Gasteiger partial charge is 0.340 e. The molecule has 126 valence electrons. The number of nitrogens with zero attached hydrogens (tertiary/aromatic N) is 2. The number of aromatic nitrogens is 1. The second kappa shape index (κ2) is 8.31. The normalized spacial score (nSPS) is 10.1. The molecule has 0 saturated heterocycles. The van der Waals surface area contributed by atoms with Gasteiger partial charge in [-0.15, -0.1) is 0 Å². The highest BCUT2D eigenvalue weighted by Gasteiger charge is 2.14. The lowest BCUT2D eigenvalue weighted by molar-refractivity contribution is -0.133. The number of rotatable bonds is 6. The summed E-state index contributed by atoms with van der Waals surface area (Å²) in [5.74, 6) is -0.539. The second-order valence-corrected chi connectivity index (χ2v) is 5.48. The van der Waals surface area contributed by atoms with Gasteiger partial charge in [0.25, 0.3) is 5.91 Å². The molecule has 2 aromatic rings. The largest absolute Gasteiger partial charge is 0.481 e. The van der Waals surface area contributed by atoms with E-state index in [0.29, 0.717) is 17.4 Å². The summed E-state index contributed by atoms with van der Waals surface area (Å²) in [7, 11) is 3.11. The van der Waals surface area contributed by atoms with E-state index in [2.05, 4.69) is 4.98 Å². The van der Waals surface area contributed by atoms with Gasteiger partial charge in [0.2, 0.25) is 5.88 Å². The third-order valence-electron chi connectivity index (χ3n) is 3.24. The predicted molar refractivity (Wildman–Crippen MR) is 89.0 cm³/mol. The van der Waals surface area contributed by atoms with Crippen molar-refractivity contribution < 1.29 is 19.1 Å². The van der Waals surface area contributed by atoms with Gasteiger partial charge in [-0.2, -0.15) is 0 Å². The molecule has 0 aliphatic heterocycles. The molecule has 0 aliphatic rings. The number of hydrogen-bond donors (Lipinski definition) is 0. The van der Waals surface area contributed by atoms with Crippen molar-refractivity contribution in [1.29, 1.82) is 0 Å². The van der Waals surface area contributed by atoms with Crippen molar-refractivity contribution in [3.05, 3.63) is 58.7 Å². The molecular weight excluding hydrogens is 332 g/mol. The minimum Gasteiger partial charge on any atom is -0.481 e. The summed E-state index contributed by atoms with van der Waals surface area (Å²) in [6.45, 7) is 0.0307. The maximum atomic E-state index is 12.0. The molecular formula is C17H17ClN2O4. The lowest BCUT2D eigenvalue weighted by atomic mass is 10.2. The molecule has 1 heterocycles. The molecule has 7 heteroatoms. The lowest BCUT2D eigenvalue weighted by Gasteiger charge is -2.17. The van der Waals surface area contributed by atoms with Crippen LogP contribution in [0.2, 0.25) is 5.02 Å². The fourth-order valence-corrected chi connectivity index (χ4v) is 2.15. The van der Waals surface area contributed by atoms with Crippen LogP contribution in [0.3, 0.4) is 0 Å². The number of esters is 1. The molecule has 1 aromatic carbocycles. The van der Waals surface area contributed by atoms with Crippen LogP contribution in [0.15, 0.2) is 42.6 Å². The monoisotopic (exact) mass is 348 g/mol. The summed E-state index contributed by atoms with van der Waals surface area (Å²) >= 11 is 5.91. The highest BCUT2D eigenvalue weighted by Crippen LogP contribution is 2.12.